The van der Waals surface area contributed by atoms with Gasteiger partial charge in [-0.05, 0) is 44.0 Å². The molecule has 20 heavy (non-hydrogen) atoms. The van der Waals surface area contributed by atoms with Crippen LogP contribution in [0.2, 0.25) is 0 Å². The maximum atomic E-state index is 12.4. The summed E-state index contributed by atoms with van der Waals surface area (Å²) in [5.41, 5.74) is 2.41. The number of benzene rings is 1. The van der Waals surface area contributed by atoms with Gasteiger partial charge in [0.25, 0.3) is 10.0 Å². The van der Waals surface area contributed by atoms with Gasteiger partial charge in [0.05, 0.1) is 12.8 Å². The molecule has 6 nitrogen and oxygen atoms in total. The van der Waals surface area contributed by atoms with Gasteiger partial charge in [-0.25, -0.2) is 13.1 Å². The third-order valence-electron chi connectivity index (χ3n) is 2.93. The van der Waals surface area contributed by atoms with Crippen molar-refractivity contribution in [2.75, 3.05) is 11.8 Å². The lowest BCUT2D eigenvalue weighted by atomic mass is 10.1. The SMILES string of the molecule is COc1cc(C)c(C)cc1S(=O)(=O)Nc1cc(C)no1. The predicted molar refractivity (Wildman–Crippen MR) is 74.5 cm³/mol. The van der Waals surface area contributed by atoms with Crippen LogP contribution in [0.25, 0.3) is 0 Å². The minimum atomic E-state index is -3.79. The van der Waals surface area contributed by atoms with Gasteiger partial charge in [0.15, 0.2) is 0 Å². The molecule has 108 valence electrons. The molecule has 1 N–H and O–H groups in total. The van der Waals surface area contributed by atoms with E-state index in [2.05, 4.69) is 9.88 Å². The monoisotopic (exact) mass is 296 g/mol. The summed E-state index contributed by atoms with van der Waals surface area (Å²) in [4.78, 5) is 0.0668. The Morgan fingerprint density at radius 3 is 2.35 bits per heavy atom. The molecule has 7 heteroatoms. The van der Waals surface area contributed by atoms with Crippen LogP contribution in [0.5, 0.6) is 5.75 Å². The van der Waals surface area contributed by atoms with Crippen molar-refractivity contribution in [2.45, 2.75) is 25.7 Å². The van der Waals surface area contributed by atoms with Gasteiger partial charge < -0.3 is 9.26 Å². The lowest BCUT2D eigenvalue weighted by Gasteiger charge is -2.12. The van der Waals surface area contributed by atoms with E-state index in [-0.39, 0.29) is 16.5 Å². The second-order valence-electron chi connectivity index (χ2n) is 4.53. The number of ether oxygens (including phenoxy) is 1. The molecule has 0 radical (unpaired) electrons. The molecular formula is C13H16N2O4S. The predicted octanol–water partition coefficient (Wildman–Crippen LogP) is 2.41. The standard InChI is InChI=1S/C13H16N2O4S/c1-8-5-11(18-4)12(6-9(8)2)20(16,17)15-13-7-10(3)14-19-13/h5-7,15H,1-4H3. The van der Waals surface area contributed by atoms with Crippen molar-refractivity contribution in [3.05, 3.63) is 35.0 Å². The quantitative estimate of drug-likeness (QED) is 0.937. The van der Waals surface area contributed by atoms with Gasteiger partial charge in [-0.15, -0.1) is 0 Å². The third-order valence-corrected chi connectivity index (χ3v) is 4.30. The highest BCUT2D eigenvalue weighted by Crippen LogP contribution is 2.29. The molecule has 0 fully saturated rings. The van der Waals surface area contributed by atoms with Crippen LogP contribution in [0.4, 0.5) is 5.88 Å². The molecule has 0 saturated carbocycles. The van der Waals surface area contributed by atoms with E-state index in [1.54, 1.807) is 19.1 Å². The summed E-state index contributed by atoms with van der Waals surface area (Å²) < 4.78 is 37.1. The molecule has 1 aromatic heterocycles. The zero-order valence-electron chi connectivity index (χ0n) is 11.7. The average molecular weight is 296 g/mol. The lowest BCUT2D eigenvalue weighted by Crippen LogP contribution is -2.14. The fourth-order valence-electron chi connectivity index (χ4n) is 1.73. The first-order chi connectivity index (χ1) is 9.33. The second-order valence-corrected chi connectivity index (χ2v) is 6.18. The number of nitrogens with zero attached hydrogens (tertiary/aromatic N) is 1. The summed E-state index contributed by atoms with van der Waals surface area (Å²) in [7, 11) is -2.36. The van der Waals surface area contributed by atoms with Crippen LogP contribution in [-0.2, 0) is 10.0 Å². The van der Waals surface area contributed by atoms with Crippen LogP contribution in [0.3, 0.4) is 0 Å². The number of anilines is 1. The van der Waals surface area contributed by atoms with E-state index in [0.29, 0.717) is 5.69 Å². The fraction of sp³-hybridized carbons (Fsp3) is 0.308. The maximum Gasteiger partial charge on any atom is 0.267 e. The maximum absolute atomic E-state index is 12.4. The molecule has 0 aliphatic heterocycles. The molecule has 0 bridgehead atoms. The van der Waals surface area contributed by atoms with Crippen LogP contribution in [0.15, 0.2) is 27.6 Å². The van der Waals surface area contributed by atoms with Crippen molar-refractivity contribution in [1.82, 2.24) is 5.16 Å². The van der Waals surface area contributed by atoms with E-state index >= 15 is 0 Å². The van der Waals surface area contributed by atoms with E-state index in [4.69, 9.17) is 9.26 Å². The lowest BCUT2D eigenvalue weighted by molar-refractivity contribution is 0.402. The highest BCUT2D eigenvalue weighted by atomic mass is 32.2. The van der Waals surface area contributed by atoms with Crippen LogP contribution in [0.1, 0.15) is 16.8 Å². The van der Waals surface area contributed by atoms with Gasteiger partial charge in [0.1, 0.15) is 10.6 Å². The van der Waals surface area contributed by atoms with Crippen molar-refractivity contribution >= 4 is 15.9 Å². The fourth-order valence-corrected chi connectivity index (χ4v) is 2.94. The Balaban J connectivity index is 2.46. The van der Waals surface area contributed by atoms with Gasteiger partial charge in [-0.3, -0.25) is 0 Å². The molecule has 0 aliphatic carbocycles. The number of rotatable bonds is 4. The molecule has 0 amide bonds. The minimum absolute atomic E-state index is 0.0668. The van der Waals surface area contributed by atoms with E-state index in [9.17, 15) is 8.42 Å². The van der Waals surface area contributed by atoms with Gasteiger partial charge in [0, 0.05) is 6.07 Å². The van der Waals surface area contributed by atoms with E-state index < -0.39 is 10.0 Å². The van der Waals surface area contributed by atoms with Crippen LogP contribution in [0, 0.1) is 20.8 Å². The number of aromatic nitrogens is 1. The van der Waals surface area contributed by atoms with Gasteiger partial charge in [-0.1, -0.05) is 5.16 Å². The number of hydrogen-bond donors (Lipinski definition) is 1. The first-order valence-corrected chi connectivity index (χ1v) is 7.43. The summed E-state index contributed by atoms with van der Waals surface area (Å²) in [6.07, 6.45) is 0. The van der Waals surface area contributed by atoms with Crippen LogP contribution >= 0.6 is 0 Å². The molecule has 0 aliphatic rings. The van der Waals surface area contributed by atoms with Gasteiger partial charge in [-0.2, -0.15) is 0 Å². The molecule has 0 unspecified atom stereocenters. The van der Waals surface area contributed by atoms with E-state index in [1.165, 1.54) is 13.2 Å². The molecule has 1 heterocycles. The highest BCUT2D eigenvalue weighted by molar-refractivity contribution is 7.92. The summed E-state index contributed by atoms with van der Waals surface area (Å²) in [5.74, 6) is 0.361. The summed E-state index contributed by atoms with van der Waals surface area (Å²) in [5, 5.41) is 3.64. The minimum Gasteiger partial charge on any atom is -0.495 e. The molecule has 0 atom stereocenters. The number of hydrogen-bond acceptors (Lipinski definition) is 5. The summed E-state index contributed by atoms with van der Waals surface area (Å²) >= 11 is 0. The number of sulfonamides is 1. The molecule has 2 aromatic rings. The number of methoxy groups -OCH3 is 1. The number of nitrogens with one attached hydrogen (secondary N) is 1. The summed E-state index contributed by atoms with van der Waals surface area (Å²) in [6, 6.07) is 4.76. The Morgan fingerprint density at radius 2 is 1.80 bits per heavy atom. The average Bonchev–Trinajstić information content (AvgIpc) is 2.76. The topological polar surface area (TPSA) is 81.4 Å². The molecular weight excluding hydrogens is 280 g/mol. The van der Waals surface area contributed by atoms with Crippen molar-refractivity contribution in [3.63, 3.8) is 0 Å². The van der Waals surface area contributed by atoms with Crippen molar-refractivity contribution in [2.24, 2.45) is 0 Å². The van der Waals surface area contributed by atoms with Crippen LogP contribution in [-0.4, -0.2) is 20.7 Å². The van der Waals surface area contributed by atoms with Crippen molar-refractivity contribution in [3.8, 4) is 5.75 Å². The van der Waals surface area contributed by atoms with Crippen molar-refractivity contribution in [1.29, 1.82) is 0 Å². The Morgan fingerprint density at radius 1 is 1.15 bits per heavy atom. The first-order valence-electron chi connectivity index (χ1n) is 5.95. The largest absolute Gasteiger partial charge is 0.495 e. The molecule has 1 aromatic carbocycles. The zero-order valence-corrected chi connectivity index (χ0v) is 12.5. The zero-order chi connectivity index (χ0) is 14.9. The molecule has 2 rings (SSSR count). The normalized spacial score (nSPS) is 11.4. The van der Waals surface area contributed by atoms with Gasteiger partial charge >= 0.3 is 0 Å². The Hall–Kier alpha value is -2.02. The smallest absolute Gasteiger partial charge is 0.267 e. The van der Waals surface area contributed by atoms with E-state index in [0.717, 1.165) is 11.1 Å². The second kappa shape index (κ2) is 5.16. The molecule has 0 saturated heterocycles. The molecule has 0 spiro atoms. The number of aryl methyl sites for hydroxylation is 3. The third kappa shape index (κ3) is 2.77. The van der Waals surface area contributed by atoms with Gasteiger partial charge in [0.2, 0.25) is 5.88 Å². The van der Waals surface area contributed by atoms with Crippen LogP contribution < -0.4 is 9.46 Å². The Labute approximate surface area is 117 Å². The Bertz CT molecular complexity index is 735. The first kappa shape index (κ1) is 14.4. The Kier molecular flexibility index (Phi) is 3.71. The van der Waals surface area contributed by atoms with Crippen molar-refractivity contribution < 1.29 is 17.7 Å². The summed E-state index contributed by atoms with van der Waals surface area (Å²) in [6.45, 7) is 5.44. The highest BCUT2D eigenvalue weighted by Gasteiger charge is 2.22. The van der Waals surface area contributed by atoms with E-state index in [1.807, 2.05) is 13.8 Å².